The maximum absolute atomic E-state index is 6.25. The highest BCUT2D eigenvalue weighted by molar-refractivity contribution is 6.31. The van der Waals surface area contributed by atoms with Gasteiger partial charge in [-0.05, 0) is 30.4 Å². The summed E-state index contributed by atoms with van der Waals surface area (Å²) >= 11 is 6.25. The average Bonchev–Trinajstić information content (AvgIpc) is 2.48. The number of hydrogen-bond donors (Lipinski definition) is 2. The van der Waals surface area contributed by atoms with Crippen LogP contribution in [0.1, 0.15) is 38.2 Å². The van der Waals surface area contributed by atoms with Gasteiger partial charge in [0.1, 0.15) is 5.84 Å². The van der Waals surface area contributed by atoms with Crippen molar-refractivity contribution >= 4 is 17.4 Å². The Morgan fingerprint density at radius 3 is 3.10 bits per heavy atom. The van der Waals surface area contributed by atoms with E-state index in [4.69, 9.17) is 16.6 Å². The van der Waals surface area contributed by atoms with Gasteiger partial charge >= 0.3 is 0 Å². The molecule has 1 spiro atoms. The van der Waals surface area contributed by atoms with Crippen molar-refractivity contribution in [3.05, 3.63) is 34.9 Å². The van der Waals surface area contributed by atoms with Crippen molar-refractivity contribution in [2.75, 3.05) is 13.1 Å². The third-order valence-corrected chi connectivity index (χ3v) is 5.07. The Balaban J connectivity index is 1.73. The second kappa shape index (κ2) is 6.37. The molecule has 0 unspecified atom stereocenters. The van der Waals surface area contributed by atoms with Crippen LogP contribution >= 0.6 is 11.6 Å². The Morgan fingerprint density at radius 2 is 2.29 bits per heavy atom. The molecule has 0 radical (unpaired) electrons. The Bertz CT molecular complexity index is 529. The van der Waals surface area contributed by atoms with Crippen molar-refractivity contribution in [2.24, 2.45) is 10.9 Å². The summed E-state index contributed by atoms with van der Waals surface area (Å²) in [6, 6.07) is 8.01. The lowest BCUT2D eigenvalue weighted by atomic mass is 9.75. The van der Waals surface area contributed by atoms with Gasteiger partial charge in [0.2, 0.25) is 0 Å². The van der Waals surface area contributed by atoms with E-state index in [0.29, 0.717) is 0 Å². The van der Waals surface area contributed by atoms with Crippen LogP contribution < -0.4 is 10.6 Å². The molecular formula is C17H24ClN3. The van der Waals surface area contributed by atoms with E-state index in [-0.39, 0.29) is 5.54 Å². The second-order valence-corrected chi connectivity index (χ2v) is 6.79. The van der Waals surface area contributed by atoms with Crippen LogP contribution in [0.3, 0.4) is 0 Å². The SMILES string of the molecule is C[C@@H]1CCC[C@@]2(C1)NCCN=C2NCc1ccccc1Cl. The van der Waals surface area contributed by atoms with Gasteiger partial charge in [0.05, 0.1) is 12.1 Å². The third kappa shape index (κ3) is 3.24. The van der Waals surface area contributed by atoms with Crippen molar-refractivity contribution in [3.8, 4) is 0 Å². The summed E-state index contributed by atoms with van der Waals surface area (Å²) < 4.78 is 0. The van der Waals surface area contributed by atoms with Crippen LogP contribution in [0.5, 0.6) is 0 Å². The fraction of sp³-hybridized carbons (Fsp3) is 0.588. The summed E-state index contributed by atoms with van der Waals surface area (Å²) in [5.74, 6) is 1.90. The molecule has 1 aromatic rings. The van der Waals surface area contributed by atoms with E-state index in [1.54, 1.807) is 0 Å². The molecule has 4 heteroatoms. The molecule has 3 nitrogen and oxygen atoms in total. The highest BCUT2D eigenvalue weighted by atomic mass is 35.5. The number of amidine groups is 1. The molecule has 21 heavy (non-hydrogen) atoms. The van der Waals surface area contributed by atoms with Crippen LogP contribution in [-0.4, -0.2) is 24.5 Å². The lowest BCUT2D eigenvalue weighted by Gasteiger charge is -2.44. The highest BCUT2D eigenvalue weighted by Gasteiger charge is 2.40. The molecule has 0 saturated heterocycles. The quantitative estimate of drug-likeness (QED) is 0.879. The molecule has 1 aliphatic carbocycles. The molecule has 2 aliphatic rings. The van der Waals surface area contributed by atoms with Crippen LogP contribution in [0.15, 0.2) is 29.3 Å². The summed E-state index contributed by atoms with van der Waals surface area (Å²) in [7, 11) is 0. The van der Waals surface area contributed by atoms with Gasteiger partial charge in [-0.15, -0.1) is 0 Å². The minimum absolute atomic E-state index is 0.0666. The average molecular weight is 306 g/mol. The molecule has 1 aromatic carbocycles. The lowest BCUT2D eigenvalue weighted by molar-refractivity contribution is 0.243. The van der Waals surface area contributed by atoms with Crippen molar-refractivity contribution in [2.45, 2.75) is 44.7 Å². The van der Waals surface area contributed by atoms with E-state index in [1.807, 2.05) is 18.2 Å². The number of halogens is 1. The van der Waals surface area contributed by atoms with Crippen LogP contribution in [0.25, 0.3) is 0 Å². The van der Waals surface area contributed by atoms with E-state index >= 15 is 0 Å². The molecule has 1 saturated carbocycles. The molecule has 0 amide bonds. The fourth-order valence-corrected chi connectivity index (χ4v) is 3.87. The van der Waals surface area contributed by atoms with Gasteiger partial charge < -0.3 is 10.6 Å². The molecule has 2 N–H and O–H groups in total. The molecule has 2 atom stereocenters. The van der Waals surface area contributed by atoms with E-state index in [9.17, 15) is 0 Å². The summed E-state index contributed by atoms with van der Waals surface area (Å²) in [5.41, 5.74) is 1.20. The third-order valence-electron chi connectivity index (χ3n) is 4.70. The van der Waals surface area contributed by atoms with E-state index < -0.39 is 0 Å². The fourth-order valence-electron chi connectivity index (χ4n) is 3.67. The number of rotatable bonds is 2. The topological polar surface area (TPSA) is 36.4 Å². The lowest BCUT2D eigenvalue weighted by Crippen LogP contribution is -2.61. The Hall–Kier alpha value is -1.06. The summed E-state index contributed by atoms with van der Waals surface area (Å²) in [6.07, 6.45) is 4.98. The van der Waals surface area contributed by atoms with E-state index in [1.165, 1.54) is 25.7 Å². The monoisotopic (exact) mass is 305 g/mol. The summed E-state index contributed by atoms with van der Waals surface area (Å²) in [4.78, 5) is 4.79. The van der Waals surface area contributed by atoms with Gasteiger partial charge in [0.25, 0.3) is 0 Å². The number of aliphatic imine (C=N–C) groups is 1. The van der Waals surface area contributed by atoms with Crippen LogP contribution in [0.2, 0.25) is 5.02 Å². The van der Waals surface area contributed by atoms with Gasteiger partial charge in [-0.1, -0.05) is 49.6 Å². The molecule has 114 valence electrons. The van der Waals surface area contributed by atoms with Gasteiger partial charge in [-0.3, -0.25) is 4.99 Å². The molecule has 0 aromatic heterocycles. The minimum Gasteiger partial charge on any atom is -0.368 e. The first-order valence-corrected chi connectivity index (χ1v) is 8.35. The first kappa shape index (κ1) is 14.9. The van der Waals surface area contributed by atoms with Gasteiger partial charge in [0, 0.05) is 18.1 Å². The maximum atomic E-state index is 6.25. The number of nitrogens with zero attached hydrogens (tertiary/aromatic N) is 1. The summed E-state index contributed by atoms with van der Waals surface area (Å²) in [6.45, 7) is 4.95. The Labute approximate surface area is 132 Å². The van der Waals surface area contributed by atoms with Gasteiger partial charge in [0.15, 0.2) is 0 Å². The number of hydrogen-bond acceptors (Lipinski definition) is 3. The predicted octanol–water partition coefficient (Wildman–Crippen LogP) is 3.38. The zero-order valence-corrected chi connectivity index (χ0v) is 13.4. The van der Waals surface area contributed by atoms with Crippen LogP contribution in [-0.2, 0) is 6.54 Å². The van der Waals surface area contributed by atoms with Gasteiger partial charge in [-0.25, -0.2) is 0 Å². The first-order chi connectivity index (χ1) is 10.2. The summed E-state index contributed by atoms with van der Waals surface area (Å²) in [5, 5.41) is 8.12. The zero-order valence-electron chi connectivity index (χ0n) is 12.7. The number of nitrogens with one attached hydrogen (secondary N) is 2. The highest BCUT2D eigenvalue weighted by Crippen LogP contribution is 2.34. The van der Waals surface area contributed by atoms with Crippen LogP contribution in [0, 0.1) is 5.92 Å². The molecular weight excluding hydrogens is 282 g/mol. The molecule has 1 aliphatic heterocycles. The molecule has 1 fully saturated rings. The van der Waals surface area contributed by atoms with Crippen molar-refractivity contribution in [3.63, 3.8) is 0 Å². The van der Waals surface area contributed by atoms with Gasteiger partial charge in [-0.2, -0.15) is 0 Å². The van der Waals surface area contributed by atoms with Crippen molar-refractivity contribution in [1.29, 1.82) is 0 Å². The van der Waals surface area contributed by atoms with E-state index in [2.05, 4.69) is 23.6 Å². The first-order valence-electron chi connectivity index (χ1n) is 7.97. The Morgan fingerprint density at radius 1 is 1.43 bits per heavy atom. The number of benzene rings is 1. The molecule has 3 rings (SSSR count). The van der Waals surface area contributed by atoms with Crippen LogP contribution in [0.4, 0.5) is 0 Å². The van der Waals surface area contributed by atoms with Crippen molar-refractivity contribution in [1.82, 2.24) is 10.6 Å². The van der Waals surface area contributed by atoms with E-state index in [0.717, 1.165) is 42.0 Å². The normalized spacial score (nSPS) is 29.2. The largest absolute Gasteiger partial charge is 0.368 e. The maximum Gasteiger partial charge on any atom is 0.117 e. The smallest absolute Gasteiger partial charge is 0.117 e. The zero-order chi connectivity index (χ0) is 14.7. The predicted molar refractivity (Wildman–Crippen MR) is 89.0 cm³/mol. The Kier molecular flexibility index (Phi) is 4.51. The molecule has 1 heterocycles. The second-order valence-electron chi connectivity index (χ2n) is 6.39. The minimum atomic E-state index is 0.0666. The van der Waals surface area contributed by atoms with Crippen molar-refractivity contribution < 1.29 is 0 Å². The molecule has 0 bridgehead atoms. The standard InChI is InChI=1S/C17H24ClN3/c1-13-5-4-8-17(11-13)16(19-9-10-21-17)20-12-14-6-2-3-7-15(14)18/h2-3,6-7,13,21H,4-5,8-12H2,1H3,(H,19,20)/t13-,17+/m1/s1.